The molecule has 2 fully saturated rings. The number of hydrogen-bond donors (Lipinski definition) is 2. The zero-order valence-electron chi connectivity index (χ0n) is 8.80. The van der Waals surface area contributed by atoms with E-state index < -0.39 is 0 Å². The summed E-state index contributed by atoms with van der Waals surface area (Å²) in [4.78, 5) is 0. The van der Waals surface area contributed by atoms with Crippen molar-refractivity contribution in [2.24, 2.45) is 5.41 Å². The van der Waals surface area contributed by atoms with Crippen LogP contribution in [0.2, 0.25) is 0 Å². The molecule has 0 spiro atoms. The van der Waals surface area contributed by atoms with Gasteiger partial charge in [-0.25, -0.2) is 0 Å². The van der Waals surface area contributed by atoms with Gasteiger partial charge in [-0.15, -0.1) is 0 Å². The van der Waals surface area contributed by atoms with E-state index in [0.29, 0.717) is 12.7 Å². The monoisotopic (exact) mass is 199 g/mol. The Morgan fingerprint density at radius 2 is 2.43 bits per heavy atom. The van der Waals surface area contributed by atoms with E-state index in [0.717, 1.165) is 39.0 Å². The molecule has 0 aromatic carbocycles. The minimum absolute atomic E-state index is 0.159. The Kier molecular flexibility index (Phi) is 3.42. The van der Waals surface area contributed by atoms with Crippen molar-refractivity contribution in [2.75, 3.05) is 26.3 Å². The maximum absolute atomic E-state index is 9.41. The lowest BCUT2D eigenvalue weighted by Crippen LogP contribution is -2.29. The normalized spacial score (nSPS) is 37.9. The first-order valence-corrected chi connectivity index (χ1v) is 5.78. The van der Waals surface area contributed by atoms with Crippen LogP contribution in [0.1, 0.15) is 32.1 Å². The molecule has 2 N–H and O–H groups in total. The Morgan fingerprint density at radius 3 is 3.00 bits per heavy atom. The fourth-order valence-corrected chi connectivity index (χ4v) is 2.56. The lowest BCUT2D eigenvalue weighted by Gasteiger charge is -2.26. The summed E-state index contributed by atoms with van der Waals surface area (Å²) >= 11 is 0. The first-order chi connectivity index (χ1) is 6.85. The Balaban J connectivity index is 1.76. The maximum atomic E-state index is 9.41. The molecule has 3 nitrogen and oxygen atoms in total. The second-order valence-corrected chi connectivity index (χ2v) is 4.76. The third-order valence-corrected chi connectivity index (χ3v) is 3.69. The van der Waals surface area contributed by atoms with Gasteiger partial charge in [0.05, 0.1) is 6.10 Å². The van der Waals surface area contributed by atoms with E-state index in [1.165, 1.54) is 12.8 Å². The van der Waals surface area contributed by atoms with Crippen LogP contribution in [0.4, 0.5) is 0 Å². The fourth-order valence-electron chi connectivity index (χ4n) is 2.56. The third-order valence-electron chi connectivity index (χ3n) is 3.69. The maximum Gasteiger partial charge on any atom is 0.0576 e. The van der Waals surface area contributed by atoms with Gasteiger partial charge in [-0.2, -0.15) is 0 Å². The molecule has 2 unspecified atom stereocenters. The Labute approximate surface area is 85.8 Å². The molecule has 0 bridgehead atoms. The quantitative estimate of drug-likeness (QED) is 0.707. The summed E-state index contributed by atoms with van der Waals surface area (Å²) in [6.45, 7) is 3.31. The van der Waals surface area contributed by atoms with Crippen molar-refractivity contribution in [1.82, 2.24) is 5.32 Å². The van der Waals surface area contributed by atoms with Crippen LogP contribution in [0.15, 0.2) is 0 Å². The average molecular weight is 199 g/mol. The van der Waals surface area contributed by atoms with Gasteiger partial charge in [0.2, 0.25) is 0 Å². The molecule has 0 amide bonds. The van der Waals surface area contributed by atoms with Crippen molar-refractivity contribution in [2.45, 2.75) is 38.2 Å². The van der Waals surface area contributed by atoms with Crippen LogP contribution in [0, 0.1) is 5.41 Å². The molecule has 2 rings (SSSR count). The predicted octanol–water partition coefficient (Wildman–Crippen LogP) is 0.918. The van der Waals surface area contributed by atoms with E-state index in [1.807, 2.05) is 0 Å². The Hall–Kier alpha value is -0.120. The molecule has 14 heavy (non-hydrogen) atoms. The summed E-state index contributed by atoms with van der Waals surface area (Å²) in [6.07, 6.45) is 6.27. The summed E-state index contributed by atoms with van der Waals surface area (Å²) in [6, 6.07) is 0. The van der Waals surface area contributed by atoms with Crippen LogP contribution < -0.4 is 5.32 Å². The smallest absolute Gasteiger partial charge is 0.0576 e. The van der Waals surface area contributed by atoms with Crippen LogP contribution in [0.3, 0.4) is 0 Å². The molecule has 2 heterocycles. The van der Waals surface area contributed by atoms with E-state index in [4.69, 9.17) is 4.74 Å². The van der Waals surface area contributed by atoms with Crippen LogP contribution in [0.25, 0.3) is 0 Å². The van der Waals surface area contributed by atoms with Gasteiger partial charge in [0.1, 0.15) is 0 Å². The zero-order chi connectivity index (χ0) is 9.86. The summed E-state index contributed by atoms with van der Waals surface area (Å²) < 4.78 is 5.60. The van der Waals surface area contributed by atoms with Crippen molar-refractivity contribution in [1.29, 1.82) is 0 Å². The highest BCUT2D eigenvalue weighted by molar-refractivity contribution is 4.88. The SMILES string of the molecule is OCC1(CCC2CCCO2)CCNC1. The highest BCUT2D eigenvalue weighted by Gasteiger charge is 2.33. The second kappa shape index (κ2) is 4.60. The van der Waals surface area contributed by atoms with Gasteiger partial charge < -0.3 is 15.2 Å². The average Bonchev–Trinajstić information content (AvgIpc) is 2.87. The standard InChI is InChI=1S/C11H21NO2/c13-9-11(5-6-12-8-11)4-3-10-2-1-7-14-10/h10,12-13H,1-9H2. The number of rotatable bonds is 4. The van der Waals surface area contributed by atoms with Crippen molar-refractivity contribution >= 4 is 0 Å². The van der Waals surface area contributed by atoms with E-state index in [1.54, 1.807) is 0 Å². The number of hydrogen-bond acceptors (Lipinski definition) is 3. The Bertz CT molecular complexity index is 172. The van der Waals surface area contributed by atoms with Crippen molar-refractivity contribution < 1.29 is 9.84 Å². The van der Waals surface area contributed by atoms with Crippen LogP contribution in [-0.2, 0) is 4.74 Å². The van der Waals surface area contributed by atoms with E-state index >= 15 is 0 Å². The molecular formula is C11H21NO2. The molecule has 0 aromatic heterocycles. The fraction of sp³-hybridized carbons (Fsp3) is 1.00. The Morgan fingerprint density at radius 1 is 1.50 bits per heavy atom. The van der Waals surface area contributed by atoms with Crippen LogP contribution in [0.5, 0.6) is 0 Å². The first kappa shape index (κ1) is 10.4. The molecular weight excluding hydrogens is 178 g/mol. The van der Waals surface area contributed by atoms with Gasteiger partial charge in [0.25, 0.3) is 0 Å². The molecule has 2 atom stereocenters. The summed E-state index contributed by atoms with van der Waals surface area (Å²) in [5.74, 6) is 0. The molecule has 0 radical (unpaired) electrons. The van der Waals surface area contributed by atoms with E-state index in [9.17, 15) is 5.11 Å². The highest BCUT2D eigenvalue weighted by Crippen LogP contribution is 2.32. The van der Waals surface area contributed by atoms with Crippen LogP contribution in [-0.4, -0.2) is 37.5 Å². The lowest BCUT2D eigenvalue weighted by atomic mass is 9.82. The van der Waals surface area contributed by atoms with Crippen molar-refractivity contribution in [3.05, 3.63) is 0 Å². The number of nitrogens with one attached hydrogen (secondary N) is 1. The summed E-state index contributed by atoms with van der Waals surface area (Å²) in [5.41, 5.74) is 0.159. The minimum atomic E-state index is 0.159. The van der Waals surface area contributed by atoms with Gasteiger partial charge >= 0.3 is 0 Å². The minimum Gasteiger partial charge on any atom is -0.396 e. The van der Waals surface area contributed by atoms with Gasteiger partial charge in [-0.1, -0.05) is 0 Å². The number of ether oxygens (including phenoxy) is 1. The largest absolute Gasteiger partial charge is 0.396 e. The molecule has 2 aliphatic heterocycles. The molecule has 0 aromatic rings. The molecule has 0 aliphatic carbocycles. The summed E-state index contributed by atoms with van der Waals surface area (Å²) in [7, 11) is 0. The molecule has 2 saturated heterocycles. The number of aliphatic hydroxyl groups is 1. The topological polar surface area (TPSA) is 41.5 Å². The van der Waals surface area contributed by atoms with E-state index in [2.05, 4.69) is 5.32 Å². The van der Waals surface area contributed by atoms with Gasteiger partial charge in [-0.3, -0.25) is 0 Å². The molecule has 0 saturated carbocycles. The number of aliphatic hydroxyl groups excluding tert-OH is 1. The van der Waals surface area contributed by atoms with Crippen molar-refractivity contribution in [3.63, 3.8) is 0 Å². The summed E-state index contributed by atoms with van der Waals surface area (Å²) in [5, 5.41) is 12.7. The third kappa shape index (κ3) is 2.27. The first-order valence-electron chi connectivity index (χ1n) is 5.78. The second-order valence-electron chi connectivity index (χ2n) is 4.76. The lowest BCUT2D eigenvalue weighted by molar-refractivity contribution is 0.0723. The van der Waals surface area contributed by atoms with Gasteiger partial charge in [0, 0.05) is 25.2 Å². The van der Waals surface area contributed by atoms with Crippen molar-refractivity contribution in [3.8, 4) is 0 Å². The molecule has 2 aliphatic rings. The van der Waals surface area contributed by atoms with E-state index in [-0.39, 0.29) is 5.41 Å². The molecule has 3 heteroatoms. The van der Waals surface area contributed by atoms with Gasteiger partial charge in [-0.05, 0) is 38.6 Å². The zero-order valence-corrected chi connectivity index (χ0v) is 8.80. The van der Waals surface area contributed by atoms with Crippen LogP contribution >= 0.6 is 0 Å². The highest BCUT2D eigenvalue weighted by atomic mass is 16.5. The predicted molar refractivity (Wildman–Crippen MR) is 55.2 cm³/mol. The van der Waals surface area contributed by atoms with Gasteiger partial charge in [0.15, 0.2) is 0 Å². The molecule has 82 valence electrons.